The number of carboxylic acid groups (broad SMARTS) is 1. The first-order valence-electron chi connectivity index (χ1n) is 14.7. The molecule has 3 aliphatic rings. The summed E-state index contributed by atoms with van der Waals surface area (Å²) in [5.41, 5.74) is 5.14. The summed E-state index contributed by atoms with van der Waals surface area (Å²) in [4.78, 5) is 18.9. The van der Waals surface area contributed by atoms with Crippen LogP contribution < -0.4 is 9.64 Å². The summed E-state index contributed by atoms with van der Waals surface area (Å²) >= 11 is 0. The van der Waals surface area contributed by atoms with Gasteiger partial charge in [-0.3, -0.25) is 4.79 Å². The maximum Gasteiger partial charge on any atom is 0.308 e. The highest BCUT2D eigenvalue weighted by molar-refractivity contribution is 5.78. The minimum Gasteiger partial charge on any atom is -0.493 e. The highest BCUT2D eigenvalue weighted by Crippen LogP contribution is 2.37. The van der Waals surface area contributed by atoms with Crippen LogP contribution in [0.2, 0.25) is 0 Å². The van der Waals surface area contributed by atoms with Gasteiger partial charge in [-0.1, -0.05) is 18.2 Å². The smallest absolute Gasteiger partial charge is 0.308 e. The molecule has 0 atom stereocenters. The van der Waals surface area contributed by atoms with Gasteiger partial charge in [-0.25, -0.2) is 9.37 Å². The molecule has 0 spiro atoms. The van der Waals surface area contributed by atoms with Gasteiger partial charge in [0.1, 0.15) is 17.4 Å². The van der Waals surface area contributed by atoms with E-state index in [1.54, 1.807) is 4.52 Å². The fourth-order valence-electron chi connectivity index (χ4n) is 6.12. The molecule has 5 heterocycles. The lowest BCUT2D eigenvalue weighted by atomic mass is 9.92. The zero-order valence-electron chi connectivity index (χ0n) is 24.5. The van der Waals surface area contributed by atoms with Gasteiger partial charge in [0.05, 0.1) is 29.9 Å². The molecule has 1 saturated heterocycles. The summed E-state index contributed by atoms with van der Waals surface area (Å²) in [6.45, 7) is 8.49. The quantitative estimate of drug-likeness (QED) is 0.298. The standard InChI is InChI=1S/C33H37FN4O4/c1-21-16-26(34)31-24-9-7-8-23(18-24)27-20-29-35-22(2)25(19-30(39)40)32(38(29)36-27)37-12-10-33(3,11-13-37)42-15-6-4-5-14-41-28(31)17-21/h7-9,16-18,20H,4-6,10-15,19H2,1-3H3,(H,39,40). The number of nitrogens with zero attached hydrogens (tertiary/aromatic N) is 4. The number of hydrogen-bond donors (Lipinski definition) is 1. The molecule has 0 radical (unpaired) electrons. The Hall–Kier alpha value is -3.98. The van der Waals surface area contributed by atoms with Gasteiger partial charge in [0.15, 0.2) is 5.65 Å². The molecule has 6 bridgehead atoms. The lowest BCUT2D eigenvalue weighted by Crippen LogP contribution is -2.45. The Morgan fingerprint density at radius 1 is 1.05 bits per heavy atom. The molecule has 2 aromatic heterocycles. The monoisotopic (exact) mass is 572 g/mol. The van der Waals surface area contributed by atoms with Gasteiger partial charge < -0.3 is 19.5 Å². The first-order chi connectivity index (χ1) is 20.2. The second kappa shape index (κ2) is 11.4. The number of piperidine rings is 1. The Balaban J connectivity index is 1.50. The van der Waals surface area contributed by atoms with Crippen molar-refractivity contribution in [2.75, 3.05) is 31.2 Å². The van der Waals surface area contributed by atoms with E-state index in [0.29, 0.717) is 52.7 Å². The Morgan fingerprint density at radius 3 is 2.60 bits per heavy atom. The molecule has 0 saturated carbocycles. The van der Waals surface area contributed by atoms with Crippen LogP contribution in [0.3, 0.4) is 0 Å². The zero-order chi connectivity index (χ0) is 29.4. The van der Waals surface area contributed by atoms with Gasteiger partial charge in [-0.2, -0.15) is 9.61 Å². The normalized spacial score (nSPS) is 17.2. The number of halogens is 1. The van der Waals surface area contributed by atoms with Crippen LogP contribution in [0.1, 0.15) is 55.8 Å². The van der Waals surface area contributed by atoms with Gasteiger partial charge in [0, 0.05) is 42.6 Å². The van der Waals surface area contributed by atoms with Crippen LogP contribution in [-0.4, -0.2) is 57.6 Å². The summed E-state index contributed by atoms with van der Waals surface area (Å²) in [6.07, 6.45) is 4.22. The Kier molecular flexibility index (Phi) is 7.62. The van der Waals surface area contributed by atoms with Gasteiger partial charge in [-0.05, 0) is 82.2 Å². The average Bonchev–Trinajstić information content (AvgIpc) is 3.36. The average molecular weight is 573 g/mol. The number of carbonyl (C=O) groups is 1. The molecule has 7 rings (SSSR count). The van der Waals surface area contributed by atoms with Crippen LogP contribution >= 0.6 is 0 Å². The van der Waals surface area contributed by atoms with Crippen molar-refractivity contribution in [1.82, 2.24) is 14.6 Å². The Morgan fingerprint density at radius 2 is 1.81 bits per heavy atom. The van der Waals surface area contributed by atoms with Crippen molar-refractivity contribution in [2.24, 2.45) is 0 Å². The van der Waals surface area contributed by atoms with E-state index >= 15 is 4.39 Å². The summed E-state index contributed by atoms with van der Waals surface area (Å²) in [5, 5.41) is 14.7. The molecule has 2 aromatic carbocycles. The molecule has 9 heteroatoms. The fourth-order valence-corrected chi connectivity index (χ4v) is 6.12. The first-order valence-corrected chi connectivity index (χ1v) is 14.7. The van der Waals surface area contributed by atoms with E-state index in [9.17, 15) is 9.90 Å². The number of anilines is 1. The third-order valence-corrected chi connectivity index (χ3v) is 8.47. The zero-order valence-corrected chi connectivity index (χ0v) is 24.5. The molecule has 220 valence electrons. The molecule has 1 fully saturated rings. The van der Waals surface area contributed by atoms with Crippen LogP contribution in [-0.2, 0) is 16.0 Å². The van der Waals surface area contributed by atoms with Gasteiger partial charge >= 0.3 is 5.97 Å². The number of ether oxygens (including phenoxy) is 2. The first kappa shape index (κ1) is 28.2. The number of rotatable bonds is 2. The number of aromatic nitrogens is 3. The molecule has 4 aromatic rings. The topological polar surface area (TPSA) is 89.2 Å². The minimum atomic E-state index is -0.912. The summed E-state index contributed by atoms with van der Waals surface area (Å²) in [6, 6.07) is 13.0. The number of fused-ring (bicyclic) bond motifs is 8. The third-order valence-electron chi connectivity index (χ3n) is 8.47. The molecule has 0 aliphatic carbocycles. The van der Waals surface area contributed by atoms with Crippen LogP contribution in [0.5, 0.6) is 5.75 Å². The van der Waals surface area contributed by atoms with Gasteiger partial charge in [-0.15, -0.1) is 0 Å². The van der Waals surface area contributed by atoms with Gasteiger partial charge in [0.25, 0.3) is 0 Å². The molecule has 0 unspecified atom stereocenters. The van der Waals surface area contributed by atoms with E-state index in [1.807, 2.05) is 50.2 Å². The van der Waals surface area contributed by atoms with Crippen molar-refractivity contribution in [3.63, 3.8) is 0 Å². The largest absolute Gasteiger partial charge is 0.493 e. The molecular weight excluding hydrogens is 535 g/mol. The number of carboxylic acids is 1. The molecule has 0 amide bonds. The van der Waals surface area contributed by atoms with Crippen LogP contribution in [0.15, 0.2) is 42.5 Å². The predicted octanol–water partition coefficient (Wildman–Crippen LogP) is 6.38. The second-order valence-corrected chi connectivity index (χ2v) is 11.8. The van der Waals surface area contributed by atoms with Crippen LogP contribution in [0, 0.1) is 19.7 Å². The highest BCUT2D eigenvalue weighted by atomic mass is 19.1. The Bertz CT molecular complexity index is 1640. The highest BCUT2D eigenvalue weighted by Gasteiger charge is 2.33. The maximum atomic E-state index is 15.5. The van der Waals surface area contributed by atoms with E-state index in [1.165, 1.54) is 6.07 Å². The number of aryl methyl sites for hydroxylation is 2. The minimum absolute atomic E-state index is 0.144. The van der Waals surface area contributed by atoms with Gasteiger partial charge in [0.2, 0.25) is 0 Å². The van der Waals surface area contributed by atoms with Crippen LogP contribution in [0.4, 0.5) is 10.2 Å². The molecule has 42 heavy (non-hydrogen) atoms. The number of benzene rings is 2. The van der Waals surface area contributed by atoms with Crippen LogP contribution in [0.25, 0.3) is 28.0 Å². The van der Waals surface area contributed by atoms with Crippen molar-refractivity contribution in [1.29, 1.82) is 0 Å². The van der Waals surface area contributed by atoms with Crippen molar-refractivity contribution in [2.45, 2.75) is 64.9 Å². The summed E-state index contributed by atoms with van der Waals surface area (Å²) in [5.74, 6) is 0.0489. The van der Waals surface area contributed by atoms with E-state index < -0.39 is 5.97 Å². The third kappa shape index (κ3) is 5.57. The molecule has 3 aliphatic heterocycles. The molecular formula is C33H37FN4O4. The number of aliphatic carboxylic acids is 1. The van der Waals surface area contributed by atoms with E-state index in [0.717, 1.165) is 62.1 Å². The molecule has 8 nitrogen and oxygen atoms in total. The maximum absolute atomic E-state index is 15.5. The lowest BCUT2D eigenvalue weighted by molar-refractivity contribution is -0.136. The predicted molar refractivity (Wildman–Crippen MR) is 160 cm³/mol. The lowest BCUT2D eigenvalue weighted by Gasteiger charge is -2.41. The van der Waals surface area contributed by atoms with E-state index in [2.05, 4.69) is 11.8 Å². The Labute approximate surface area is 245 Å². The van der Waals surface area contributed by atoms with Crippen molar-refractivity contribution in [3.05, 3.63) is 65.1 Å². The van der Waals surface area contributed by atoms with E-state index in [4.69, 9.17) is 19.6 Å². The number of hydrogen-bond acceptors (Lipinski definition) is 6. The second-order valence-electron chi connectivity index (χ2n) is 11.8. The van der Waals surface area contributed by atoms with Crippen molar-refractivity contribution in [3.8, 4) is 28.1 Å². The van der Waals surface area contributed by atoms with Crippen molar-refractivity contribution < 1.29 is 23.8 Å². The summed E-state index contributed by atoms with van der Waals surface area (Å²) in [7, 11) is 0. The fraction of sp³-hybridized carbons (Fsp3) is 0.424. The van der Waals surface area contributed by atoms with Crippen molar-refractivity contribution >= 4 is 17.4 Å². The summed E-state index contributed by atoms with van der Waals surface area (Å²) < 4.78 is 29.8. The molecule has 1 N–H and O–H groups in total. The van der Waals surface area contributed by atoms with E-state index in [-0.39, 0.29) is 17.8 Å². The SMILES string of the molecule is Cc1cc(F)c2c(c1)OCCCCCOC1(C)CCN(CC1)c1c(CC(=O)O)c(C)nc3cc(nn13)-c1cccc-2c1.